The molecule has 10 nitrogen and oxygen atoms in total. The molecule has 4 rings (SSSR count). The van der Waals surface area contributed by atoms with E-state index in [1.165, 1.54) is 4.90 Å². The van der Waals surface area contributed by atoms with Crippen LogP contribution < -0.4 is 16.0 Å². The number of halogens is 3. The topological polar surface area (TPSA) is 141 Å². The fourth-order valence-electron chi connectivity index (χ4n) is 7.21. The van der Waals surface area contributed by atoms with E-state index in [-0.39, 0.29) is 42.7 Å². The lowest BCUT2D eigenvalue weighted by molar-refractivity contribution is -0.176. The largest absolute Gasteiger partial charge is 0.471 e. The number of carbonyl (C=O) groups is 4. The number of carbonyl (C=O) groups excluding carboxylic acids is 4. The molecule has 4 amide bonds. The van der Waals surface area contributed by atoms with Gasteiger partial charge in [-0.25, -0.2) is 0 Å². The number of rotatable bonds is 7. The van der Waals surface area contributed by atoms with Gasteiger partial charge < -0.3 is 25.6 Å². The third kappa shape index (κ3) is 6.53. The Kier molecular flexibility index (Phi) is 8.39. The summed E-state index contributed by atoms with van der Waals surface area (Å²) in [6.07, 6.45) is -3.03. The number of likely N-dealkylation sites (tertiary alicyclic amines) is 1. The molecule has 4 fully saturated rings. The highest BCUT2D eigenvalue weighted by Gasteiger charge is 2.70. The van der Waals surface area contributed by atoms with Crippen LogP contribution in [0.5, 0.6) is 0 Å². The number of nitrogens with one attached hydrogen (secondary N) is 3. The van der Waals surface area contributed by atoms with Crippen LogP contribution in [0.15, 0.2) is 0 Å². The Balaban J connectivity index is 1.56. The van der Waals surface area contributed by atoms with Gasteiger partial charge in [-0.2, -0.15) is 18.4 Å². The number of ether oxygens (including phenoxy) is 1. The van der Waals surface area contributed by atoms with Crippen molar-refractivity contribution in [2.45, 2.75) is 109 Å². The van der Waals surface area contributed by atoms with E-state index in [2.05, 4.69) is 10.6 Å². The number of alkyl halides is 3. The molecule has 1 saturated carbocycles. The van der Waals surface area contributed by atoms with Gasteiger partial charge in [-0.15, -0.1) is 0 Å². The molecule has 0 bridgehead atoms. The average molecular weight is 598 g/mol. The van der Waals surface area contributed by atoms with Gasteiger partial charge >= 0.3 is 12.1 Å². The van der Waals surface area contributed by atoms with Crippen LogP contribution in [0.2, 0.25) is 0 Å². The SMILES string of the molecule is CC1(C)C[C@@H](C[C@@H](C#N)NC(=O)[C@@H]2[C@@H]3[C@H](CN2C(=O)[C@@H](NC(=O)C(F)(F)F)C2CCCC(C)(C)OC2)C3(C)C)C(=O)N1. The Bertz CT molecular complexity index is 1160. The first kappa shape index (κ1) is 32.0. The summed E-state index contributed by atoms with van der Waals surface area (Å²) in [6, 6.07) is -1.53. The molecular formula is C29H42F3N5O5. The van der Waals surface area contributed by atoms with Crippen molar-refractivity contribution >= 4 is 23.6 Å². The summed E-state index contributed by atoms with van der Waals surface area (Å²) in [6.45, 7) is 11.5. The second-order valence-electron chi connectivity index (χ2n) is 14.3. The molecule has 7 atom stereocenters. The minimum Gasteiger partial charge on any atom is -0.375 e. The molecular weight excluding hydrogens is 555 g/mol. The van der Waals surface area contributed by atoms with Gasteiger partial charge in [-0.1, -0.05) is 20.3 Å². The van der Waals surface area contributed by atoms with E-state index in [9.17, 15) is 37.6 Å². The molecule has 0 aromatic heterocycles. The van der Waals surface area contributed by atoms with Gasteiger partial charge in [0.2, 0.25) is 17.7 Å². The first-order valence-electron chi connectivity index (χ1n) is 14.6. The third-order valence-electron chi connectivity index (χ3n) is 9.67. The Morgan fingerprint density at radius 2 is 1.83 bits per heavy atom. The van der Waals surface area contributed by atoms with Gasteiger partial charge in [0.15, 0.2) is 0 Å². The van der Waals surface area contributed by atoms with Crippen LogP contribution >= 0.6 is 0 Å². The number of hydrogen-bond donors (Lipinski definition) is 3. The molecule has 3 heterocycles. The van der Waals surface area contributed by atoms with Crippen molar-refractivity contribution in [3.8, 4) is 6.07 Å². The molecule has 4 aliphatic rings. The third-order valence-corrected chi connectivity index (χ3v) is 9.67. The standard InChI is InChI=1S/C29H42F3N5O5/c1-26(2)11-16(22(38)36-26)10-17(12-33)34-23(39)21-19-18(28(19,5)6)13-37(21)24(40)20(35-25(41)29(30,31)32)15-8-7-9-27(3,4)42-14-15/h15-21H,7-11,13-14H2,1-6H3,(H,34,39)(H,35,41)(H,36,38)/t15?,16-,17+,18+,19+,20+,21+/m1/s1. The van der Waals surface area contributed by atoms with Crippen LogP contribution in [0.3, 0.4) is 0 Å². The molecule has 0 aromatic rings. The van der Waals surface area contributed by atoms with Gasteiger partial charge in [0.05, 0.1) is 18.3 Å². The van der Waals surface area contributed by atoms with Gasteiger partial charge in [-0.3, -0.25) is 19.2 Å². The van der Waals surface area contributed by atoms with Crippen LogP contribution in [0, 0.1) is 40.4 Å². The summed E-state index contributed by atoms with van der Waals surface area (Å²) in [7, 11) is 0. The minimum atomic E-state index is -5.20. The van der Waals surface area contributed by atoms with Crippen molar-refractivity contribution < 1.29 is 37.1 Å². The maximum absolute atomic E-state index is 14.0. The Morgan fingerprint density at radius 3 is 2.40 bits per heavy atom. The van der Waals surface area contributed by atoms with Gasteiger partial charge in [0.25, 0.3) is 0 Å². The minimum absolute atomic E-state index is 0.0269. The lowest BCUT2D eigenvalue weighted by atomic mass is 9.91. The van der Waals surface area contributed by atoms with Crippen LogP contribution in [0.25, 0.3) is 0 Å². The summed E-state index contributed by atoms with van der Waals surface area (Å²) in [5.41, 5.74) is -1.26. The zero-order valence-corrected chi connectivity index (χ0v) is 25.1. The summed E-state index contributed by atoms with van der Waals surface area (Å²) in [5.74, 6) is -5.32. The summed E-state index contributed by atoms with van der Waals surface area (Å²) >= 11 is 0. The summed E-state index contributed by atoms with van der Waals surface area (Å²) in [5, 5.41) is 17.3. The van der Waals surface area contributed by atoms with E-state index in [0.29, 0.717) is 25.7 Å². The van der Waals surface area contributed by atoms with E-state index in [0.717, 1.165) is 0 Å². The summed E-state index contributed by atoms with van der Waals surface area (Å²) in [4.78, 5) is 53.5. The highest BCUT2D eigenvalue weighted by atomic mass is 19.4. The van der Waals surface area contributed by atoms with E-state index < -0.39 is 65.0 Å². The first-order chi connectivity index (χ1) is 19.3. The normalized spacial score (nSPS) is 32.4. The van der Waals surface area contributed by atoms with Crippen LogP contribution in [-0.4, -0.2) is 77.1 Å². The zero-order chi connectivity index (χ0) is 31.4. The lowest BCUT2D eigenvalue weighted by Gasteiger charge is -2.36. The van der Waals surface area contributed by atoms with Crippen molar-refractivity contribution in [2.24, 2.45) is 29.1 Å². The first-order valence-corrected chi connectivity index (χ1v) is 14.6. The number of nitrogens with zero attached hydrogens (tertiary/aromatic N) is 2. The highest BCUT2D eigenvalue weighted by Crippen LogP contribution is 2.65. The van der Waals surface area contributed by atoms with E-state index >= 15 is 0 Å². The quantitative estimate of drug-likeness (QED) is 0.412. The fourth-order valence-corrected chi connectivity index (χ4v) is 7.21. The number of amides is 4. The van der Waals surface area contributed by atoms with E-state index in [4.69, 9.17) is 4.74 Å². The Hall–Kier alpha value is -2.88. The van der Waals surface area contributed by atoms with E-state index in [1.807, 2.05) is 52.9 Å². The van der Waals surface area contributed by atoms with Gasteiger partial charge in [-0.05, 0) is 70.6 Å². The highest BCUT2D eigenvalue weighted by molar-refractivity contribution is 5.94. The molecule has 3 saturated heterocycles. The fraction of sp³-hybridized carbons (Fsp3) is 0.828. The van der Waals surface area contributed by atoms with Gasteiger partial charge in [0, 0.05) is 23.9 Å². The Morgan fingerprint density at radius 1 is 1.17 bits per heavy atom. The van der Waals surface area contributed by atoms with E-state index in [1.54, 1.807) is 0 Å². The van der Waals surface area contributed by atoms with Crippen LogP contribution in [-0.2, 0) is 23.9 Å². The van der Waals surface area contributed by atoms with Crippen LogP contribution in [0.1, 0.15) is 73.6 Å². The predicted octanol–water partition coefficient (Wildman–Crippen LogP) is 2.42. The molecule has 234 valence electrons. The molecule has 42 heavy (non-hydrogen) atoms. The number of hydrogen-bond acceptors (Lipinski definition) is 6. The zero-order valence-electron chi connectivity index (χ0n) is 25.1. The maximum atomic E-state index is 14.0. The van der Waals surface area contributed by atoms with Crippen molar-refractivity contribution in [2.75, 3.05) is 13.2 Å². The monoisotopic (exact) mass is 597 g/mol. The predicted molar refractivity (Wildman–Crippen MR) is 144 cm³/mol. The Labute approximate surface area is 244 Å². The molecule has 3 N–H and O–H groups in total. The number of piperidine rings is 1. The molecule has 3 aliphatic heterocycles. The lowest BCUT2D eigenvalue weighted by Crippen LogP contribution is -2.60. The van der Waals surface area contributed by atoms with Crippen molar-refractivity contribution in [3.63, 3.8) is 0 Å². The number of fused-ring (bicyclic) bond motifs is 1. The number of nitriles is 1. The molecule has 1 unspecified atom stereocenters. The second-order valence-corrected chi connectivity index (χ2v) is 14.3. The van der Waals surface area contributed by atoms with Crippen molar-refractivity contribution in [3.05, 3.63) is 0 Å². The molecule has 0 aromatic carbocycles. The smallest absolute Gasteiger partial charge is 0.375 e. The molecule has 0 spiro atoms. The maximum Gasteiger partial charge on any atom is 0.471 e. The second kappa shape index (κ2) is 11.0. The molecule has 1 aliphatic carbocycles. The van der Waals surface area contributed by atoms with Crippen molar-refractivity contribution in [1.29, 1.82) is 5.26 Å². The summed E-state index contributed by atoms with van der Waals surface area (Å²) < 4.78 is 45.9. The van der Waals surface area contributed by atoms with Crippen LogP contribution in [0.4, 0.5) is 13.2 Å². The van der Waals surface area contributed by atoms with Gasteiger partial charge in [0.1, 0.15) is 18.1 Å². The molecule has 13 heteroatoms. The average Bonchev–Trinajstić information content (AvgIpc) is 3.11. The van der Waals surface area contributed by atoms with Crippen molar-refractivity contribution in [1.82, 2.24) is 20.9 Å². The molecule has 0 radical (unpaired) electrons.